The predicted molar refractivity (Wildman–Crippen MR) is 120 cm³/mol. The first-order chi connectivity index (χ1) is 13.9. The summed E-state index contributed by atoms with van der Waals surface area (Å²) in [6, 6.07) is 21.4. The van der Waals surface area contributed by atoms with Crippen LogP contribution in [0, 0.1) is 6.92 Å². The maximum absolute atomic E-state index is 12.7. The van der Waals surface area contributed by atoms with E-state index in [2.05, 4.69) is 26.6 Å². The van der Waals surface area contributed by atoms with Crippen molar-refractivity contribution in [2.24, 2.45) is 0 Å². The molecule has 0 bridgehead atoms. The lowest BCUT2D eigenvalue weighted by Crippen LogP contribution is -2.31. The molecular weight excluding hydrogens is 452 g/mol. The van der Waals surface area contributed by atoms with Gasteiger partial charge in [0.05, 0.1) is 23.0 Å². The minimum atomic E-state index is -0.490. The molecule has 0 heterocycles. The lowest BCUT2D eigenvalue weighted by Gasteiger charge is -2.20. The fourth-order valence-corrected chi connectivity index (χ4v) is 3.67. The first-order valence-electron chi connectivity index (χ1n) is 9.10. The fraction of sp³-hybridized carbons (Fsp3) is 0.130. The van der Waals surface area contributed by atoms with E-state index in [0.717, 1.165) is 21.3 Å². The minimum Gasteiger partial charge on any atom is -0.345 e. The average Bonchev–Trinajstić information content (AvgIpc) is 2.70. The van der Waals surface area contributed by atoms with E-state index in [1.807, 2.05) is 55.5 Å². The van der Waals surface area contributed by atoms with Crippen LogP contribution in [-0.2, 0) is 4.79 Å². The third-order valence-corrected chi connectivity index (χ3v) is 5.30. The lowest BCUT2D eigenvalue weighted by molar-refractivity contribution is -0.116. The van der Waals surface area contributed by atoms with E-state index in [0.29, 0.717) is 10.6 Å². The highest BCUT2D eigenvalue weighted by atomic mass is 79.9. The van der Waals surface area contributed by atoms with Crippen molar-refractivity contribution in [3.63, 3.8) is 0 Å². The van der Waals surface area contributed by atoms with E-state index < -0.39 is 6.04 Å². The summed E-state index contributed by atoms with van der Waals surface area (Å²) in [5, 5.41) is 6.23. The summed E-state index contributed by atoms with van der Waals surface area (Å²) in [6.45, 7) is 1.92. The Bertz CT molecular complexity index is 1020. The third kappa shape index (κ3) is 5.68. The van der Waals surface area contributed by atoms with Crippen molar-refractivity contribution in [3.05, 3.63) is 99.0 Å². The van der Waals surface area contributed by atoms with Gasteiger partial charge in [0.15, 0.2) is 0 Å². The number of carbonyl (C=O) groups excluding carboxylic acids is 2. The molecule has 2 N–H and O–H groups in total. The van der Waals surface area contributed by atoms with Gasteiger partial charge in [-0.15, -0.1) is 0 Å². The number of halogens is 2. The molecule has 4 nitrogen and oxygen atoms in total. The molecule has 0 radical (unpaired) electrons. The molecule has 0 saturated heterocycles. The van der Waals surface area contributed by atoms with E-state index >= 15 is 0 Å². The van der Waals surface area contributed by atoms with Gasteiger partial charge in [-0.05, 0) is 48.4 Å². The highest BCUT2D eigenvalue weighted by Gasteiger charge is 2.20. The summed E-state index contributed by atoms with van der Waals surface area (Å²) in [6.07, 6.45) is 0.0930. The zero-order valence-corrected chi connectivity index (χ0v) is 18.1. The Balaban J connectivity index is 1.78. The van der Waals surface area contributed by atoms with Crippen molar-refractivity contribution >= 4 is 45.0 Å². The van der Waals surface area contributed by atoms with Crippen molar-refractivity contribution in [1.29, 1.82) is 0 Å². The molecule has 1 atom stereocenters. The molecule has 29 heavy (non-hydrogen) atoms. The summed E-state index contributed by atoms with van der Waals surface area (Å²) < 4.78 is 0.946. The van der Waals surface area contributed by atoms with Crippen LogP contribution in [0.15, 0.2) is 77.3 Å². The van der Waals surface area contributed by atoms with Crippen molar-refractivity contribution in [3.8, 4) is 0 Å². The number of benzene rings is 3. The molecule has 0 aliphatic carbocycles. The van der Waals surface area contributed by atoms with Crippen LogP contribution >= 0.6 is 27.5 Å². The Hall–Kier alpha value is -2.63. The van der Waals surface area contributed by atoms with Gasteiger partial charge in [-0.3, -0.25) is 9.59 Å². The molecule has 2 amide bonds. The SMILES string of the molecule is Cc1cc(Br)ccc1NC(=O)CC(NC(=O)c1ccccc1Cl)c1ccccc1. The second-order valence-electron chi connectivity index (χ2n) is 6.63. The van der Waals surface area contributed by atoms with Crippen LogP contribution in [0.4, 0.5) is 5.69 Å². The first-order valence-corrected chi connectivity index (χ1v) is 10.3. The quantitative estimate of drug-likeness (QED) is 0.469. The number of amides is 2. The second kappa shape index (κ2) is 9.72. The Labute approximate surface area is 183 Å². The van der Waals surface area contributed by atoms with Gasteiger partial charge in [-0.2, -0.15) is 0 Å². The van der Waals surface area contributed by atoms with Gasteiger partial charge in [0.2, 0.25) is 5.91 Å². The topological polar surface area (TPSA) is 58.2 Å². The second-order valence-corrected chi connectivity index (χ2v) is 7.95. The number of aryl methyl sites for hydroxylation is 1. The summed E-state index contributed by atoms with van der Waals surface area (Å²) in [5.41, 5.74) is 2.90. The van der Waals surface area contributed by atoms with E-state index in [-0.39, 0.29) is 18.2 Å². The fourth-order valence-electron chi connectivity index (χ4n) is 2.97. The van der Waals surface area contributed by atoms with Crippen molar-refractivity contribution < 1.29 is 9.59 Å². The molecule has 0 aliphatic heterocycles. The largest absolute Gasteiger partial charge is 0.345 e. The van der Waals surface area contributed by atoms with Crippen LogP contribution in [0.25, 0.3) is 0 Å². The van der Waals surface area contributed by atoms with Crippen molar-refractivity contribution in [1.82, 2.24) is 5.32 Å². The van der Waals surface area contributed by atoms with Crippen LogP contribution in [0.2, 0.25) is 5.02 Å². The van der Waals surface area contributed by atoms with E-state index in [9.17, 15) is 9.59 Å². The van der Waals surface area contributed by atoms with Gasteiger partial charge in [-0.1, -0.05) is 70.0 Å². The third-order valence-electron chi connectivity index (χ3n) is 4.48. The molecule has 0 aromatic heterocycles. The zero-order valence-electron chi connectivity index (χ0n) is 15.8. The zero-order chi connectivity index (χ0) is 20.8. The molecule has 6 heteroatoms. The Morgan fingerprint density at radius 2 is 1.69 bits per heavy atom. The van der Waals surface area contributed by atoms with E-state index in [1.165, 1.54) is 0 Å². The van der Waals surface area contributed by atoms with Gasteiger partial charge in [0, 0.05) is 10.2 Å². The highest BCUT2D eigenvalue weighted by Crippen LogP contribution is 2.23. The highest BCUT2D eigenvalue weighted by molar-refractivity contribution is 9.10. The molecular formula is C23H20BrClN2O2. The molecule has 0 saturated carbocycles. The summed E-state index contributed by atoms with van der Waals surface area (Å²) >= 11 is 9.57. The maximum atomic E-state index is 12.7. The van der Waals surface area contributed by atoms with Crippen molar-refractivity contribution in [2.75, 3.05) is 5.32 Å². The van der Waals surface area contributed by atoms with Crippen LogP contribution in [0.1, 0.15) is 33.9 Å². The number of anilines is 1. The molecule has 0 aliphatic rings. The summed E-state index contributed by atoms with van der Waals surface area (Å²) in [7, 11) is 0. The van der Waals surface area contributed by atoms with E-state index in [4.69, 9.17) is 11.6 Å². The molecule has 0 fully saturated rings. The molecule has 148 valence electrons. The first kappa shape index (κ1) is 21.1. The number of hydrogen-bond donors (Lipinski definition) is 2. The van der Waals surface area contributed by atoms with Gasteiger partial charge in [0.25, 0.3) is 5.91 Å². The summed E-state index contributed by atoms with van der Waals surface area (Å²) in [4.78, 5) is 25.5. The maximum Gasteiger partial charge on any atom is 0.253 e. The standard InChI is InChI=1S/C23H20BrClN2O2/c1-15-13-17(24)11-12-20(15)26-22(28)14-21(16-7-3-2-4-8-16)27-23(29)18-9-5-6-10-19(18)25/h2-13,21H,14H2,1H3,(H,26,28)(H,27,29). The predicted octanol–water partition coefficient (Wildman–Crippen LogP) is 5.91. The van der Waals surface area contributed by atoms with Gasteiger partial charge < -0.3 is 10.6 Å². The molecule has 3 rings (SSSR count). The number of rotatable bonds is 6. The smallest absolute Gasteiger partial charge is 0.253 e. The monoisotopic (exact) mass is 470 g/mol. The van der Waals surface area contributed by atoms with E-state index in [1.54, 1.807) is 24.3 Å². The molecule has 1 unspecified atom stereocenters. The van der Waals surface area contributed by atoms with Gasteiger partial charge in [0.1, 0.15) is 0 Å². The molecule has 3 aromatic rings. The number of carbonyl (C=O) groups is 2. The normalized spacial score (nSPS) is 11.6. The number of hydrogen-bond acceptors (Lipinski definition) is 2. The Morgan fingerprint density at radius 1 is 1.00 bits per heavy atom. The van der Waals surface area contributed by atoms with Gasteiger partial charge in [-0.25, -0.2) is 0 Å². The van der Waals surface area contributed by atoms with Gasteiger partial charge >= 0.3 is 0 Å². The minimum absolute atomic E-state index is 0.0930. The van der Waals surface area contributed by atoms with Crippen LogP contribution in [0.5, 0.6) is 0 Å². The average molecular weight is 472 g/mol. The van der Waals surface area contributed by atoms with Crippen LogP contribution in [-0.4, -0.2) is 11.8 Å². The van der Waals surface area contributed by atoms with Crippen LogP contribution < -0.4 is 10.6 Å². The van der Waals surface area contributed by atoms with Crippen LogP contribution in [0.3, 0.4) is 0 Å². The Kier molecular flexibility index (Phi) is 7.07. The Morgan fingerprint density at radius 3 is 2.38 bits per heavy atom. The molecule has 0 spiro atoms. The lowest BCUT2D eigenvalue weighted by atomic mass is 10.0. The number of nitrogens with one attached hydrogen (secondary N) is 2. The van der Waals surface area contributed by atoms with Crippen molar-refractivity contribution in [2.45, 2.75) is 19.4 Å². The molecule has 3 aromatic carbocycles. The summed E-state index contributed by atoms with van der Waals surface area (Å²) in [5.74, 6) is -0.513.